The summed E-state index contributed by atoms with van der Waals surface area (Å²) in [5, 5.41) is 3.34. The van der Waals surface area contributed by atoms with E-state index < -0.39 is 6.09 Å². The number of nitrogens with one attached hydrogen (secondary N) is 3. The van der Waals surface area contributed by atoms with Gasteiger partial charge in [0.25, 0.3) is 0 Å². The van der Waals surface area contributed by atoms with Crippen LogP contribution >= 0.6 is 11.6 Å². The van der Waals surface area contributed by atoms with Gasteiger partial charge in [0.2, 0.25) is 5.91 Å². The van der Waals surface area contributed by atoms with Crippen molar-refractivity contribution in [2.45, 2.75) is 20.5 Å². The van der Waals surface area contributed by atoms with Gasteiger partial charge in [-0.3, -0.25) is 4.79 Å². The van der Waals surface area contributed by atoms with Crippen LogP contribution in [0.1, 0.15) is 18.1 Å². The van der Waals surface area contributed by atoms with Crippen molar-refractivity contribution >= 4 is 29.3 Å². The third-order valence-electron chi connectivity index (χ3n) is 3.68. The molecule has 0 saturated heterocycles. The first-order valence-electron chi connectivity index (χ1n) is 8.44. The maximum atomic E-state index is 12.1. The van der Waals surface area contributed by atoms with E-state index in [-0.39, 0.29) is 12.5 Å². The molecule has 3 N–H and O–H groups in total. The van der Waals surface area contributed by atoms with Crippen molar-refractivity contribution in [3.8, 4) is 5.75 Å². The zero-order valence-electron chi connectivity index (χ0n) is 15.8. The molecule has 2 aromatic carbocycles. The third kappa shape index (κ3) is 6.85. The van der Waals surface area contributed by atoms with E-state index in [2.05, 4.69) is 16.2 Å². The molecule has 148 valence electrons. The van der Waals surface area contributed by atoms with Crippen LogP contribution in [0.15, 0.2) is 54.2 Å². The zero-order chi connectivity index (χ0) is 20.5. The summed E-state index contributed by atoms with van der Waals surface area (Å²) in [6.45, 7) is 3.59. The Morgan fingerprint density at radius 2 is 1.82 bits per heavy atom. The zero-order valence-corrected chi connectivity index (χ0v) is 16.6. The monoisotopic (exact) mass is 403 g/mol. The lowest BCUT2D eigenvalue weighted by molar-refractivity contribution is -0.112. The van der Waals surface area contributed by atoms with E-state index in [0.29, 0.717) is 16.4 Å². The number of carbonyl (C=O) groups excluding carboxylic acids is 2. The fraction of sp³-hybridized carbons (Fsp3) is 0.200. The number of aryl methyl sites for hydroxylation is 1. The van der Waals surface area contributed by atoms with Gasteiger partial charge in [0.05, 0.1) is 7.11 Å². The molecule has 0 spiro atoms. The Labute approximate surface area is 168 Å². The topological polar surface area (TPSA) is 88.7 Å². The molecule has 0 aliphatic heterocycles. The van der Waals surface area contributed by atoms with Crippen LogP contribution in [0.2, 0.25) is 5.02 Å². The molecular weight excluding hydrogens is 382 g/mol. The highest BCUT2D eigenvalue weighted by Gasteiger charge is 2.05. The van der Waals surface area contributed by atoms with Gasteiger partial charge in [0, 0.05) is 22.5 Å². The molecule has 0 fully saturated rings. The number of rotatable bonds is 7. The SMILES string of the molecule is COc1ccc(COC(=O)NNC(C)=CC(=O)Nc2ccc(Cl)cc2C)cc1. The summed E-state index contributed by atoms with van der Waals surface area (Å²) < 4.78 is 10.2. The van der Waals surface area contributed by atoms with E-state index in [0.717, 1.165) is 16.9 Å². The van der Waals surface area contributed by atoms with Gasteiger partial charge in [-0.2, -0.15) is 0 Å². The van der Waals surface area contributed by atoms with Gasteiger partial charge >= 0.3 is 6.09 Å². The number of methoxy groups -OCH3 is 1. The van der Waals surface area contributed by atoms with Crippen molar-refractivity contribution in [1.82, 2.24) is 10.9 Å². The van der Waals surface area contributed by atoms with Crippen LogP contribution in [-0.4, -0.2) is 19.1 Å². The Bertz CT molecular complexity index is 866. The standard InChI is InChI=1S/C20H22ClN3O4/c1-13-10-16(21)6-9-18(13)22-19(25)11-14(2)23-24-20(26)28-12-15-4-7-17(27-3)8-5-15/h4-11,23H,12H2,1-3H3,(H,22,25)(H,24,26). The predicted molar refractivity (Wildman–Crippen MR) is 108 cm³/mol. The quantitative estimate of drug-likeness (QED) is 0.481. The number of halogens is 1. The summed E-state index contributed by atoms with van der Waals surface area (Å²) in [6, 6.07) is 12.3. The number of hydrazine groups is 1. The van der Waals surface area contributed by atoms with E-state index >= 15 is 0 Å². The number of benzene rings is 2. The molecule has 7 nitrogen and oxygen atoms in total. The largest absolute Gasteiger partial charge is 0.497 e. The summed E-state index contributed by atoms with van der Waals surface area (Å²) in [4.78, 5) is 23.8. The Hall–Kier alpha value is -3.19. The molecular formula is C20H22ClN3O4. The molecule has 8 heteroatoms. The molecule has 0 aliphatic carbocycles. The van der Waals surface area contributed by atoms with E-state index in [1.807, 2.05) is 6.92 Å². The average Bonchev–Trinajstić information content (AvgIpc) is 2.67. The molecule has 2 rings (SSSR count). The summed E-state index contributed by atoms with van der Waals surface area (Å²) in [7, 11) is 1.58. The van der Waals surface area contributed by atoms with Crippen molar-refractivity contribution in [2.24, 2.45) is 0 Å². The minimum Gasteiger partial charge on any atom is -0.497 e. The van der Waals surface area contributed by atoms with Crippen LogP contribution < -0.4 is 20.9 Å². The van der Waals surface area contributed by atoms with Gasteiger partial charge in [-0.15, -0.1) is 0 Å². The molecule has 2 aromatic rings. The maximum absolute atomic E-state index is 12.1. The van der Waals surface area contributed by atoms with Gasteiger partial charge in [0.15, 0.2) is 0 Å². The highest BCUT2D eigenvalue weighted by Crippen LogP contribution is 2.19. The lowest BCUT2D eigenvalue weighted by Gasteiger charge is -2.10. The normalized spacial score (nSPS) is 10.8. The lowest BCUT2D eigenvalue weighted by Crippen LogP contribution is -2.36. The molecule has 0 heterocycles. The van der Waals surface area contributed by atoms with Gasteiger partial charge in [0.1, 0.15) is 12.4 Å². The highest BCUT2D eigenvalue weighted by molar-refractivity contribution is 6.30. The molecule has 2 amide bonds. The average molecular weight is 404 g/mol. The van der Waals surface area contributed by atoms with Crippen molar-refractivity contribution in [3.05, 3.63) is 70.4 Å². The first-order valence-corrected chi connectivity index (χ1v) is 8.82. The van der Waals surface area contributed by atoms with E-state index in [1.165, 1.54) is 6.08 Å². The van der Waals surface area contributed by atoms with Gasteiger partial charge in [-0.05, 0) is 55.3 Å². The van der Waals surface area contributed by atoms with E-state index in [9.17, 15) is 9.59 Å². The number of anilines is 1. The number of carbonyl (C=O) groups is 2. The van der Waals surface area contributed by atoms with Crippen molar-refractivity contribution < 1.29 is 19.1 Å². The first-order chi connectivity index (χ1) is 13.4. The summed E-state index contributed by atoms with van der Waals surface area (Å²) in [5.74, 6) is 0.381. The number of amides is 2. The summed E-state index contributed by atoms with van der Waals surface area (Å²) in [5.41, 5.74) is 7.73. The summed E-state index contributed by atoms with van der Waals surface area (Å²) in [6.07, 6.45) is 0.648. The molecule has 0 saturated carbocycles. The number of ether oxygens (including phenoxy) is 2. The predicted octanol–water partition coefficient (Wildman–Crippen LogP) is 3.93. The molecule has 0 aromatic heterocycles. The second kappa shape index (κ2) is 10.2. The molecule has 0 radical (unpaired) electrons. The van der Waals surface area contributed by atoms with Crippen molar-refractivity contribution in [1.29, 1.82) is 0 Å². The van der Waals surface area contributed by atoms with Crippen LogP contribution in [0.5, 0.6) is 5.75 Å². The first kappa shape index (κ1) is 21.1. The van der Waals surface area contributed by atoms with Crippen molar-refractivity contribution in [3.63, 3.8) is 0 Å². The lowest BCUT2D eigenvalue weighted by atomic mass is 10.2. The number of allylic oxidation sites excluding steroid dienone is 1. The van der Waals surface area contributed by atoms with Gasteiger partial charge in [-0.25, -0.2) is 10.2 Å². The molecule has 0 unspecified atom stereocenters. The highest BCUT2D eigenvalue weighted by atomic mass is 35.5. The third-order valence-corrected chi connectivity index (χ3v) is 3.92. The van der Waals surface area contributed by atoms with Crippen LogP contribution in [0.4, 0.5) is 10.5 Å². The van der Waals surface area contributed by atoms with E-state index in [1.54, 1.807) is 56.5 Å². The van der Waals surface area contributed by atoms with Crippen LogP contribution in [0, 0.1) is 6.92 Å². The minimum atomic E-state index is -0.669. The Morgan fingerprint density at radius 3 is 2.46 bits per heavy atom. The number of hydrogen-bond donors (Lipinski definition) is 3. The fourth-order valence-electron chi connectivity index (χ4n) is 2.23. The van der Waals surface area contributed by atoms with Crippen LogP contribution in [0.3, 0.4) is 0 Å². The Morgan fingerprint density at radius 1 is 1.11 bits per heavy atom. The maximum Gasteiger partial charge on any atom is 0.426 e. The number of hydrogen-bond acceptors (Lipinski definition) is 5. The molecule has 28 heavy (non-hydrogen) atoms. The van der Waals surface area contributed by atoms with Gasteiger partial charge < -0.3 is 20.2 Å². The van der Waals surface area contributed by atoms with Crippen LogP contribution in [0.25, 0.3) is 0 Å². The smallest absolute Gasteiger partial charge is 0.426 e. The molecule has 0 aliphatic rings. The minimum absolute atomic E-state index is 0.108. The Balaban J connectivity index is 1.77. The van der Waals surface area contributed by atoms with E-state index in [4.69, 9.17) is 21.1 Å². The van der Waals surface area contributed by atoms with Gasteiger partial charge in [-0.1, -0.05) is 23.7 Å². The summed E-state index contributed by atoms with van der Waals surface area (Å²) >= 11 is 5.89. The van der Waals surface area contributed by atoms with Crippen molar-refractivity contribution in [2.75, 3.05) is 12.4 Å². The molecule has 0 atom stereocenters. The second-order valence-electron chi connectivity index (χ2n) is 5.95. The van der Waals surface area contributed by atoms with Crippen LogP contribution in [-0.2, 0) is 16.1 Å². The second-order valence-corrected chi connectivity index (χ2v) is 6.39. The Kier molecular flexibility index (Phi) is 7.71. The fourth-order valence-corrected chi connectivity index (χ4v) is 2.45. The molecule has 0 bridgehead atoms.